The number of rotatable bonds is 6. The average Bonchev–Trinajstić information content (AvgIpc) is 3.06. The van der Waals surface area contributed by atoms with E-state index in [1.54, 1.807) is 6.21 Å². The van der Waals surface area contributed by atoms with Crippen molar-refractivity contribution >= 4 is 51.0 Å². The topological polar surface area (TPSA) is 89.3 Å². The van der Waals surface area contributed by atoms with Crippen molar-refractivity contribution in [2.45, 2.75) is 6.61 Å². The van der Waals surface area contributed by atoms with Gasteiger partial charge in [0, 0.05) is 10.5 Å². The van der Waals surface area contributed by atoms with Gasteiger partial charge in [0.25, 0.3) is 5.91 Å². The van der Waals surface area contributed by atoms with Crippen LogP contribution in [0.25, 0.3) is 0 Å². The Morgan fingerprint density at radius 2 is 2.07 bits per heavy atom. The smallest absolute Gasteiger partial charge is 0.331 e. The lowest BCUT2D eigenvalue weighted by atomic mass is 10.2. The van der Waals surface area contributed by atoms with Crippen molar-refractivity contribution < 1.29 is 19.1 Å². The van der Waals surface area contributed by atoms with Crippen molar-refractivity contribution in [3.63, 3.8) is 0 Å². The summed E-state index contributed by atoms with van der Waals surface area (Å²) in [6.07, 6.45) is 2.66. The lowest BCUT2D eigenvalue weighted by Crippen LogP contribution is -2.19. The second-order valence-corrected chi connectivity index (χ2v) is 7.68. The van der Waals surface area contributed by atoms with Crippen molar-refractivity contribution in [1.29, 1.82) is 0 Å². The Morgan fingerprint density at radius 1 is 1.24 bits per heavy atom. The number of hydrogen-bond acceptors (Lipinski definition) is 7. The first-order chi connectivity index (χ1) is 14.0. The Bertz CT molecular complexity index is 1020. The highest BCUT2D eigenvalue weighted by molar-refractivity contribution is 9.10. The molecule has 29 heavy (non-hydrogen) atoms. The molecule has 0 aliphatic carbocycles. The summed E-state index contributed by atoms with van der Waals surface area (Å²) in [6.45, 7) is 0.445. The van der Waals surface area contributed by atoms with Gasteiger partial charge in [-0.3, -0.25) is 10.1 Å². The minimum Gasteiger partial charge on any atom is -0.489 e. The number of hydrogen-bond donors (Lipinski definition) is 1. The number of ether oxygens (including phenoxy) is 2. The van der Waals surface area contributed by atoms with Crippen LogP contribution < -0.4 is 10.1 Å². The number of amides is 1. The highest BCUT2D eigenvalue weighted by atomic mass is 79.9. The fraction of sp³-hybridized carbons (Fsp3) is 0.100. The average molecular weight is 474 g/mol. The van der Waals surface area contributed by atoms with Crippen molar-refractivity contribution in [2.75, 3.05) is 7.11 Å². The Balaban J connectivity index is 1.60. The SMILES string of the molecule is COC(=O)/C=C1/S/C(=N\N=Cc2cccc(OCc3cccc(Br)c3)c2)NC1=O. The van der Waals surface area contributed by atoms with Gasteiger partial charge in [0.05, 0.1) is 18.2 Å². The van der Waals surface area contributed by atoms with Crippen molar-refractivity contribution in [3.05, 3.63) is 75.1 Å². The lowest BCUT2D eigenvalue weighted by molar-refractivity contribution is -0.135. The van der Waals surface area contributed by atoms with E-state index in [9.17, 15) is 9.59 Å². The zero-order valence-corrected chi connectivity index (χ0v) is 17.7. The molecule has 1 fully saturated rings. The number of methoxy groups -OCH3 is 1. The maximum absolute atomic E-state index is 11.8. The Labute approximate surface area is 180 Å². The van der Waals surface area contributed by atoms with E-state index in [2.05, 4.69) is 36.2 Å². The summed E-state index contributed by atoms with van der Waals surface area (Å²) in [5, 5.41) is 10.8. The van der Waals surface area contributed by atoms with E-state index in [1.165, 1.54) is 7.11 Å². The normalized spacial score (nSPS) is 16.4. The summed E-state index contributed by atoms with van der Waals surface area (Å²) in [4.78, 5) is 23.2. The van der Waals surface area contributed by atoms with E-state index in [0.29, 0.717) is 12.4 Å². The molecule has 2 aromatic carbocycles. The van der Waals surface area contributed by atoms with Crippen molar-refractivity contribution in [1.82, 2.24) is 5.32 Å². The van der Waals surface area contributed by atoms with Crippen LogP contribution in [-0.2, 0) is 20.9 Å². The van der Waals surface area contributed by atoms with Crippen molar-refractivity contribution in [2.24, 2.45) is 10.2 Å². The minimum absolute atomic E-state index is 0.203. The quantitative estimate of drug-likeness (QED) is 0.299. The van der Waals surface area contributed by atoms with E-state index in [4.69, 9.17) is 4.74 Å². The maximum Gasteiger partial charge on any atom is 0.331 e. The summed E-state index contributed by atoms with van der Waals surface area (Å²) in [7, 11) is 1.24. The van der Waals surface area contributed by atoms with Gasteiger partial charge in [-0.2, -0.15) is 5.10 Å². The molecule has 9 heteroatoms. The number of benzene rings is 2. The van der Waals surface area contributed by atoms with Gasteiger partial charge < -0.3 is 9.47 Å². The molecule has 0 atom stereocenters. The molecule has 7 nitrogen and oxygen atoms in total. The molecular weight excluding hydrogens is 458 g/mol. The summed E-state index contributed by atoms with van der Waals surface area (Å²) in [5.74, 6) is -0.321. The zero-order valence-electron chi connectivity index (χ0n) is 15.3. The number of esters is 1. The second kappa shape index (κ2) is 10.0. The van der Waals surface area contributed by atoms with Gasteiger partial charge in [0.15, 0.2) is 5.17 Å². The number of halogens is 1. The minimum atomic E-state index is -0.605. The molecule has 1 N–H and O–H groups in total. The molecule has 0 spiro atoms. The van der Waals surface area contributed by atoms with Crippen LogP contribution in [0.15, 0.2) is 74.2 Å². The number of carbonyl (C=O) groups excluding carboxylic acids is 2. The summed E-state index contributed by atoms with van der Waals surface area (Å²) >= 11 is 4.45. The van der Waals surface area contributed by atoms with Gasteiger partial charge in [-0.15, -0.1) is 5.10 Å². The van der Waals surface area contributed by atoms with Crippen LogP contribution in [0.3, 0.4) is 0 Å². The van der Waals surface area contributed by atoms with Gasteiger partial charge >= 0.3 is 5.97 Å². The third-order valence-electron chi connectivity index (χ3n) is 3.61. The standard InChI is InChI=1S/C20H16BrN3O4S/c1-27-18(25)10-17-19(26)23-20(29-17)24-22-11-13-4-3-7-16(9-13)28-12-14-5-2-6-15(21)8-14/h2-11H,12H2,1H3,(H,23,24,26)/b17-10+,22-11?. The van der Waals surface area contributed by atoms with Gasteiger partial charge in [0.1, 0.15) is 12.4 Å². The van der Waals surface area contributed by atoms with Crippen LogP contribution in [0, 0.1) is 0 Å². The molecule has 0 unspecified atom stereocenters. The summed E-state index contributed by atoms with van der Waals surface area (Å²) < 4.78 is 11.3. The van der Waals surface area contributed by atoms with E-state index in [1.807, 2.05) is 48.5 Å². The van der Waals surface area contributed by atoms with Gasteiger partial charge in [-0.05, 0) is 47.2 Å². The molecule has 0 aromatic heterocycles. The third kappa shape index (κ3) is 6.30. The first kappa shape index (κ1) is 20.8. The number of nitrogens with zero attached hydrogens (tertiary/aromatic N) is 2. The number of nitrogens with one attached hydrogen (secondary N) is 1. The molecule has 148 valence electrons. The highest BCUT2D eigenvalue weighted by Gasteiger charge is 2.24. The van der Waals surface area contributed by atoms with Gasteiger partial charge in [0.2, 0.25) is 0 Å². The molecule has 1 aliphatic rings. The van der Waals surface area contributed by atoms with E-state index >= 15 is 0 Å². The molecule has 0 bridgehead atoms. The molecule has 2 aromatic rings. The van der Waals surface area contributed by atoms with E-state index < -0.39 is 11.9 Å². The molecule has 1 saturated heterocycles. The monoisotopic (exact) mass is 473 g/mol. The molecule has 1 amide bonds. The van der Waals surface area contributed by atoms with Crippen molar-refractivity contribution in [3.8, 4) is 5.75 Å². The molecule has 1 aliphatic heterocycles. The highest BCUT2D eigenvalue weighted by Crippen LogP contribution is 2.23. The first-order valence-corrected chi connectivity index (χ1v) is 10.0. The lowest BCUT2D eigenvalue weighted by Gasteiger charge is -2.07. The molecular formula is C20H16BrN3O4S. The Morgan fingerprint density at radius 3 is 2.86 bits per heavy atom. The van der Waals surface area contributed by atoms with Crippen LogP contribution in [-0.4, -0.2) is 30.4 Å². The van der Waals surface area contributed by atoms with Crippen LogP contribution in [0.4, 0.5) is 0 Å². The van der Waals surface area contributed by atoms with Crippen LogP contribution in [0.1, 0.15) is 11.1 Å². The third-order valence-corrected chi connectivity index (χ3v) is 5.00. The van der Waals surface area contributed by atoms with E-state index in [0.717, 1.165) is 33.4 Å². The number of thioether (sulfide) groups is 1. The molecule has 3 rings (SSSR count). The second-order valence-electron chi connectivity index (χ2n) is 5.73. The fourth-order valence-corrected chi connectivity index (χ4v) is 3.45. The number of carbonyl (C=O) groups is 2. The Hall–Kier alpha value is -2.91. The molecule has 1 heterocycles. The molecule has 0 saturated carbocycles. The largest absolute Gasteiger partial charge is 0.489 e. The van der Waals surface area contributed by atoms with Crippen LogP contribution >= 0.6 is 27.7 Å². The van der Waals surface area contributed by atoms with Gasteiger partial charge in [-0.25, -0.2) is 4.79 Å². The summed E-state index contributed by atoms with van der Waals surface area (Å²) in [6, 6.07) is 15.3. The summed E-state index contributed by atoms with van der Waals surface area (Å²) in [5.41, 5.74) is 1.84. The predicted octanol–water partition coefficient (Wildman–Crippen LogP) is 3.64. The molecule has 0 radical (unpaired) electrons. The van der Waals surface area contributed by atoms with Crippen LogP contribution in [0.2, 0.25) is 0 Å². The van der Waals surface area contributed by atoms with Gasteiger partial charge in [-0.1, -0.05) is 40.2 Å². The van der Waals surface area contributed by atoms with E-state index in [-0.39, 0.29) is 10.1 Å². The fourth-order valence-electron chi connectivity index (χ4n) is 2.27. The number of amidine groups is 1. The van der Waals surface area contributed by atoms with Crippen LogP contribution in [0.5, 0.6) is 5.75 Å². The Kier molecular flexibility index (Phi) is 7.20. The predicted molar refractivity (Wildman–Crippen MR) is 116 cm³/mol. The zero-order chi connectivity index (χ0) is 20.6. The maximum atomic E-state index is 11.8. The first-order valence-electron chi connectivity index (χ1n) is 8.40.